The molecule has 58 valence electrons. The predicted octanol–water partition coefficient (Wildman–Crippen LogP) is 1.33. The molecule has 3 heteroatoms. The molecule has 0 amide bonds. The molecule has 1 unspecified atom stereocenters. The molecule has 1 aromatic heterocycles. The van der Waals surface area contributed by atoms with Crippen LogP contribution in [-0.4, -0.2) is 16.6 Å². The summed E-state index contributed by atoms with van der Waals surface area (Å²) in [6.07, 6.45) is 5.84. The van der Waals surface area contributed by atoms with Gasteiger partial charge in [0.15, 0.2) is 5.82 Å². The first-order valence-corrected chi connectivity index (χ1v) is 3.85. The van der Waals surface area contributed by atoms with Crippen LogP contribution in [0.3, 0.4) is 0 Å². The Kier molecular flexibility index (Phi) is 1.81. The van der Waals surface area contributed by atoms with E-state index in [0.29, 0.717) is 0 Å². The minimum absolute atomic E-state index is 0.149. The van der Waals surface area contributed by atoms with Crippen molar-refractivity contribution in [2.75, 3.05) is 6.61 Å². The summed E-state index contributed by atoms with van der Waals surface area (Å²) in [5.74, 6) is 0.824. The van der Waals surface area contributed by atoms with Crippen molar-refractivity contribution < 1.29 is 4.74 Å². The number of ether oxygens (including phenoxy) is 1. The fraction of sp³-hybridized carbons (Fsp3) is 0.500. The lowest BCUT2D eigenvalue weighted by Crippen LogP contribution is -2.00. The highest BCUT2D eigenvalue weighted by molar-refractivity contribution is 4.94. The molecule has 0 saturated carbocycles. The molecular weight excluding hydrogens is 140 g/mol. The average Bonchev–Trinajstić information content (AvgIpc) is 2.58. The summed E-state index contributed by atoms with van der Waals surface area (Å²) in [6.45, 7) is 0.850. The highest BCUT2D eigenvalue weighted by Crippen LogP contribution is 2.24. The minimum atomic E-state index is 0.149. The highest BCUT2D eigenvalue weighted by atomic mass is 16.5. The summed E-state index contributed by atoms with van der Waals surface area (Å²) in [7, 11) is 0. The molecule has 1 aliphatic heterocycles. The molecule has 1 atom stereocenters. The van der Waals surface area contributed by atoms with E-state index in [1.54, 1.807) is 12.4 Å². The maximum absolute atomic E-state index is 5.41. The van der Waals surface area contributed by atoms with Crippen LogP contribution < -0.4 is 0 Å². The molecule has 11 heavy (non-hydrogen) atoms. The zero-order chi connectivity index (χ0) is 7.52. The summed E-state index contributed by atoms with van der Waals surface area (Å²) in [4.78, 5) is 8.25. The van der Waals surface area contributed by atoms with E-state index in [1.807, 2.05) is 6.07 Å². The first-order chi connectivity index (χ1) is 5.47. The molecule has 0 N–H and O–H groups in total. The monoisotopic (exact) mass is 150 g/mol. The molecular formula is C8H10N2O. The topological polar surface area (TPSA) is 35.0 Å². The third kappa shape index (κ3) is 1.38. The van der Waals surface area contributed by atoms with Crippen LogP contribution in [0.5, 0.6) is 0 Å². The first kappa shape index (κ1) is 6.73. The van der Waals surface area contributed by atoms with E-state index in [2.05, 4.69) is 9.97 Å². The van der Waals surface area contributed by atoms with Crippen LogP contribution in [-0.2, 0) is 4.74 Å². The van der Waals surface area contributed by atoms with Gasteiger partial charge in [0.05, 0.1) is 0 Å². The van der Waals surface area contributed by atoms with Crippen LogP contribution in [0.2, 0.25) is 0 Å². The zero-order valence-corrected chi connectivity index (χ0v) is 6.23. The summed E-state index contributed by atoms with van der Waals surface area (Å²) < 4.78 is 5.41. The Hall–Kier alpha value is -0.960. The van der Waals surface area contributed by atoms with Gasteiger partial charge in [0, 0.05) is 19.0 Å². The number of aromatic nitrogens is 2. The highest BCUT2D eigenvalue weighted by Gasteiger charge is 2.19. The van der Waals surface area contributed by atoms with Gasteiger partial charge in [-0.15, -0.1) is 0 Å². The second kappa shape index (κ2) is 2.96. The number of nitrogens with zero attached hydrogens (tertiary/aromatic N) is 2. The van der Waals surface area contributed by atoms with Crippen LogP contribution in [0.4, 0.5) is 0 Å². The van der Waals surface area contributed by atoms with Crippen molar-refractivity contribution in [2.24, 2.45) is 0 Å². The molecule has 0 aromatic carbocycles. The van der Waals surface area contributed by atoms with Crippen LogP contribution in [0, 0.1) is 0 Å². The lowest BCUT2D eigenvalue weighted by molar-refractivity contribution is 0.105. The number of hydrogen-bond acceptors (Lipinski definition) is 3. The Morgan fingerprint density at radius 2 is 2.18 bits per heavy atom. The van der Waals surface area contributed by atoms with E-state index in [-0.39, 0.29) is 6.10 Å². The maximum Gasteiger partial charge on any atom is 0.157 e. The van der Waals surface area contributed by atoms with Gasteiger partial charge in [0.25, 0.3) is 0 Å². The van der Waals surface area contributed by atoms with Crippen LogP contribution in [0.25, 0.3) is 0 Å². The molecule has 1 fully saturated rings. The number of hydrogen-bond donors (Lipinski definition) is 0. The number of rotatable bonds is 1. The van der Waals surface area contributed by atoms with Crippen LogP contribution >= 0.6 is 0 Å². The van der Waals surface area contributed by atoms with Gasteiger partial charge in [-0.1, -0.05) is 0 Å². The van der Waals surface area contributed by atoms with Crippen molar-refractivity contribution in [3.8, 4) is 0 Å². The summed E-state index contributed by atoms with van der Waals surface area (Å²) in [5, 5.41) is 0. The van der Waals surface area contributed by atoms with Crippen LogP contribution in [0.15, 0.2) is 18.5 Å². The second-order valence-corrected chi connectivity index (χ2v) is 2.61. The predicted molar refractivity (Wildman–Crippen MR) is 40.0 cm³/mol. The Bertz CT molecular complexity index is 219. The maximum atomic E-state index is 5.41. The normalized spacial score (nSPS) is 23.8. The zero-order valence-electron chi connectivity index (χ0n) is 6.23. The molecule has 1 aliphatic rings. The van der Waals surface area contributed by atoms with E-state index in [0.717, 1.165) is 25.3 Å². The van der Waals surface area contributed by atoms with Crippen molar-refractivity contribution in [1.29, 1.82) is 0 Å². The lowest BCUT2D eigenvalue weighted by Gasteiger charge is -2.05. The molecule has 1 aromatic rings. The molecule has 0 aliphatic carbocycles. The van der Waals surface area contributed by atoms with Crippen molar-refractivity contribution in [3.05, 3.63) is 24.3 Å². The van der Waals surface area contributed by atoms with Crippen molar-refractivity contribution in [2.45, 2.75) is 18.9 Å². The molecule has 1 saturated heterocycles. The fourth-order valence-electron chi connectivity index (χ4n) is 1.26. The quantitative estimate of drug-likeness (QED) is 0.605. The van der Waals surface area contributed by atoms with Crippen molar-refractivity contribution in [3.63, 3.8) is 0 Å². The van der Waals surface area contributed by atoms with Gasteiger partial charge in [0.1, 0.15) is 6.10 Å². The third-order valence-electron chi connectivity index (χ3n) is 1.80. The third-order valence-corrected chi connectivity index (χ3v) is 1.80. The van der Waals surface area contributed by atoms with Crippen molar-refractivity contribution >= 4 is 0 Å². The lowest BCUT2D eigenvalue weighted by atomic mass is 10.2. The molecule has 0 radical (unpaired) electrons. The van der Waals surface area contributed by atoms with E-state index in [9.17, 15) is 0 Å². The largest absolute Gasteiger partial charge is 0.370 e. The van der Waals surface area contributed by atoms with Gasteiger partial charge >= 0.3 is 0 Å². The minimum Gasteiger partial charge on any atom is -0.370 e. The van der Waals surface area contributed by atoms with Crippen LogP contribution in [0.1, 0.15) is 24.8 Å². The molecule has 2 rings (SSSR count). The Morgan fingerprint density at radius 3 is 2.82 bits per heavy atom. The molecule has 0 bridgehead atoms. The summed E-state index contributed by atoms with van der Waals surface area (Å²) in [6, 6.07) is 1.82. The molecule has 2 heterocycles. The average molecular weight is 150 g/mol. The fourth-order valence-corrected chi connectivity index (χ4v) is 1.26. The second-order valence-electron chi connectivity index (χ2n) is 2.61. The SMILES string of the molecule is c1cnc(C2CCCO2)nc1. The standard InChI is InChI=1S/C8H10N2O/c1-3-7(11-6-1)8-9-4-2-5-10-8/h2,4-5,7H,1,3,6H2. The van der Waals surface area contributed by atoms with E-state index >= 15 is 0 Å². The summed E-state index contributed by atoms with van der Waals surface area (Å²) >= 11 is 0. The Balaban J connectivity index is 2.16. The molecule has 3 nitrogen and oxygen atoms in total. The molecule has 0 spiro atoms. The van der Waals surface area contributed by atoms with E-state index < -0.39 is 0 Å². The van der Waals surface area contributed by atoms with Gasteiger partial charge in [-0.05, 0) is 18.9 Å². The van der Waals surface area contributed by atoms with E-state index in [1.165, 1.54) is 0 Å². The van der Waals surface area contributed by atoms with E-state index in [4.69, 9.17) is 4.74 Å². The smallest absolute Gasteiger partial charge is 0.157 e. The van der Waals surface area contributed by atoms with Gasteiger partial charge in [-0.3, -0.25) is 0 Å². The van der Waals surface area contributed by atoms with Gasteiger partial charge in [0.2, 0.25) is 0 Å². The summed E-state index contributed by atoms with van der Waals surface area (Å²) in [5.41, 5.74) is 0. The van der Waals surface area contributed by atoms with Gasteiger partial charge in [-0.2, -0.15) is 0 Å². The Labute approximate surface area is 65.4 Å². The van der Waals surface area contributed by atoms with Crippen molar-refractivity contribution in [1.82, 2.24) is 9.97 Å². The first-order valence-electron chi connectivity index (χ1n) is 3.85. The van der Waals surface area contributed by atoms with Gasteiger partial charge in [-0.25, -0.2) is 9.97 Å². The Morgan fingerprint density at radius 1 is 1.36 bits per heavy atom. The van der Waals surface area contributed by atoms with Gasteiger partial charge < -0.3 is 4.74 Å².